The monoisotopic (exact) mass is 383 g/mol. The number of hydrogen-bond acceptors (Lipinski definition) is 7. The minimum absolute atomic E-state index is 0.0670. The highest BCUT2D eigenvalue weighted by atomic mass is 16.5. The first kappa shape index (κ1) is 18.9. The van der Waals surface area contributed by atoms with Gasteiger partial charge in [0.1, 0.15) is 0 Å². The molecule has 0 fully saturated rings. The Kier molecular flexibility index (Phi) is 4.74. The number of carbonyl (C=O) groups is 4. The van der Waals surface area contributed by atoms with Gasteiger partial charge in [-0.15, -0.1) is 0 Å². The minimum Gasteiger partial charge on any atom is -0.545 e. The Balaban J connectivity index is 1.97. The van der Waals surface area contributed by atoms with Gasteiger partial charge in [0.25, 0.3) is 17.7 Å². The zero-order valence-corrected chi connectivity index (χ0v) is 15.2. The van der Waals surface area contributed by atoms with Crippen molar-refractivity contribution in [2.45, 2.75) is 0 Å². The van der Waals surface area contributed by atoms with Crippen molar-refractivity contribution in [3.63, 3.8) is 0 Å². The van der Waals surface area contributed by atoms with Gasteiger partial charge in [-0.3, -0.25) is 19.3 Å². The van der Waals surface area contributed by atoms with Gasteiger partial charge in [0.15, 0.2) is 11.5 Å². The fourth-order valence-corrected chi connectivity index (χ4v) is 2.85. The fourth-order valence-electron chi connectivity index (χ4n) is 2.85. The molecule has 0 bridgehead atoms. The van der Waals surface area contributed by atoms with Crippen LogP contribution in [0.15, 0.2) is 30.3 Å². The van der Waals surface area contributed by atoms with Gasteiger partial charge in [-0.25, -0.2) is 0 Å². The van der Waals surface area contributed by atoms with E-state index in [0.717, 1.165) is 4.90 Å². The number of carboxylic acid groups (broad SMARTS) is 1. The van der Waals surface area contributed by atoms with Crippen molar-refractivity contribution in [2.75, 3.05) is 26.6 Å². The number of nitrogens with one attached hydrogen (secondary N) is 1. The topological polar surface area (TPSA) is 125 Å². The second-order valence-electron chi connectivity index (χ2n) is 5.92. The second kappa shape index (κ2) is 7.03. The largest absolute Gasteiger partial charge is 0.545 e. The summed E-state index contributed by atoms with van der Waals surface area (Å²) in [5.74, 6) is -2.80. The Bertz CT molecular complexity index is 1030. The van der Waals surface area contributed by atoms with Crippen molar-refractivity contribution in [3.8, 4) is 11.5 Å². The highest BCUT2D eigenvalue weighted by Gasteiger charge is 2.33. The molecule has 0 saturated carbocycles. The predicted molar refractivity (Wildman–Crippen MR) is 94.7 cm³/mol. The highest BCUT2D eigenvalue weighted by Crippen LogP contribution is 2.33. The third-order valence-corrected chi connectivity index (χ3v) is 4.34. The predicted octanol–water partition coefficient (Wildman–Crippen LogP) is 0.545. The molecule has 9 heteroatoms. The van der Waals surface area contributed by atoms with E-state index < -0.39 is 23.7 Å². The number of carbonyl (C=O) groups excluding carboxylic acids is 4. The van der Waals surface area contributed by atoms with Crippen LogP contribution in [0.25, 0.3) is 0 Å². The Labute approximate surface area is 159 Å². The van der Waals surface area contributed by atoms with Gasteiger partial charge >= 0.3 is 0 Å². The summed E-state index contributed by atoms with van der Waals surface area (Å²) in [6, 6.07) is 6.50. The van der Waals surface area contributed by atoms with Gasteiger partial charge < -0.3 is 24.7 Å². The van der Waals surface area contributed by atoms with Crippen molar-refractivity contribution < 1.29 is 33.8 Å². The molecule has 1 N–H and O–H groups in total. The number of benzene rings is 2. The van der Waals surface area contributed by atoms with E-state index in [1.54, 1.807) is 0 Å². The first-order valence-corrected chi connectivity index (χ1v) is 8.03. The molecule has 9 nitrogen and oxygen atoms in total. The lowest BCUT2D eigenvalue weighted by Crippen LogP contribution is -2.25. The lowest BCUT2D eigenvalue weighted by molar-refractivity contribution is -0.254. The molecule has 1 aliphatic heterocycles. The summed E-state index contributed by atoms with van der Waals surface area (Å²) >= 11 is 0. The molecule has 1 heterocycles. The maximum absolute atomic E-state index is 12.6. The summed E-state index contributed by atoms with van der Waals surface area (Å²) in [5.41, 5.74) is 0.00766. The number of imide groups is 1. The molecule has 3 amide bonds. The summed E-state index contributed by atoms with van der Waals surface area (Å²) in [5, 5.41) is 13.9. The van der Waals surface area contributed by atoms with Crippen LogP contribution in [0.3, 0.4) is 0 Å². The van der Waals surface area contributed by atoms with Crippen molar-refractivity contribution in [3.05, 3.63) is 52.6 Å². The Morgan fingerprint density at radius 1 is 0.964 bits per heavy atom. The van der Waals surface area contributed by atoms with Crippen LogP contribution in [0.5, 0.6) is 11.5 Å². The molecule has 0 atom stereocenters. The third kappa shape index (κ3) is 3.02. The Hall–Kier alpha value is -3.88. The average Bonchev–Trinajstić information content (AvgIpc) is 2.91. The first-order chi connectivity index (χ1) is 13.3. The number of aromatic carboxylic acids is 1. The molecule has 0 saturated heterocycles. The van der Waals surface area contributed by atoms with E-state index in [-0.39, 0.29) is 39.4 Å². The molecule has 0 aromatic heterocycles. The van der Waals surface area contributed by atoms with E-state index in [4.69, 9.17) is 9.47 Å². The molecule has 144 valence electrons. The van der Waals surface area contributed by atoms with E-state index in [0.29, 0.717) is 0 Å². The van der Waals surface area contributed by atoms with Crippen molar-refractivity contribution >= 4 is 29.4 Å². The lowest BCUT2D eigenvalue weighted by atomic mass is 10.0. The smallest absolute Gasteiger partial charge is 0.261 e. The van der Waals surface area contributed by atoms with Gasteiger partial charge in [0.05, 0.1) is 37.0 Å². The molecule has 28 heavy (non-hydrogen) atoms. The number of anilines is 1. The normalized spacial score (nSPS) is 12.6. The SMILES string of the molecule is COc1cc(NC(=O)c2ccc3c(c2)C(=O)N(C)C3=O)c(C(=O)[O-])cc1OC. The van der Waals surface area contributed by atoms with Crippen LogP contribution in [0.4, 0.5) is 5.69 Å². The average molecular weight is 383 g/mol. The number of hydrogen-bond donors (Lipinski definition) is 1. The van der Waals surface area contributed by atoms with E-state index >= 15 is 0 Å². The van der Waals surface area contributed by atoms with Crippen molar-refractivity contribution in [1.29, 1.82) is 0 Å². The maximum atomic E-state index is 12.6. The van der Waals surface area contributed by atoms with E-state index in [1.807, 2.05) is 0 Å². The molecule has 1 aliphatic rings. The van der Waals surface area contributed by atoms with Gasteiger partial charge in [-0.2, -0.15) is 0 Å². The van der Waals surface area contributed by atoms with Crippen LogP contribution >= 0.6 is 0 Å². The molecular weight excluding hydrogens is 368 g/mol. The molecule has 0 aliphatic carbocycles. The van der Waals surface area contributed by atoms with Gasteiger partial charge in [-0.05, 0) is 24.3 Å². The Morgan fingerprint density at radius 2 is 1.57 bits per heavy atom. The third-order valence-electron chi connectivity index (χ3n) is 4.34. The van der Waals surface area contributed by atoms with E-state index in [2.05, 4.69) is 5.32 Å². The number of carboxylic acids is 1. The highest BCUT2D eigenvalue weighted by molar-refractivity contribution is 6.22. The summed E-state index contributed by atoms with van der Waals surface area (Å²) in [7, 11) is 4.05. The number of amides is 3. The zero-order chi connectivity index (χ0) is 20.6. The summed E-state index contributed by atoms with van der Waals surface area (Å²) < 4.78 is 10.2. The number of fused-ring (bicyclic) bond motifs is 1. The molecular formula is C19H15N2O7-. The molecule has 0 spiro atoms. The number of methoxy groups -OCH3 is 2. The van der Waals surface area contributed by atoms with Gasteiger partial charge in [0, 0.05) is 24.2 Å². The second-order valence-corrected chi connectivity index (χ2v) is 5.92. The molecule has 2 aromatic rings. The molecule has 2 aromatic carbocycles. The van der Waals surface area contributed by atoms with Crippen LogP contribution in [-0.2, 0) is 0 Å². The fraction of sp³-hybridized carbons (Fsp3) is 0.158. The van der Waals surface area contributed by atoms with Crippen molar-refractivity contribution in [1.82, 2.24) is 4.90 Å². The standard InChI is InChI=1S/C19H16N2O7/c1-21-17(23)10-5-4-9(6-11(10)18(21)24)16(22)20-13-8-15(28-3)14(27-2)7-12(13)19(25)26/h4-8H,1-3H3,(H,20,22)(H,25,26)/p-1. The number of ether oxygens (including phenoxy) is 2. The lowest BCUT2D eigenvalue weighted by Gasteiger charge is -2.16. The summed E-state index contributed by atoms with van der Waals surface area (Å²) in [4.78, 5) is 49.0. The Morgan fingerprint density at radius 3 is 2.18 bits per heavy atom. The van der Waals surface area contributed by atoms with E-state index in [9.17, 15) is 24.3 Å². The first-order valence-electron chi connectivity index (χ1n) is 8.03. The van der Waals surface area contributed by atoms with Crippen LogP contribution in [0, 0.1) is 0 Å². The summed E-state index contributed by atoms with van der Waals surface area (Å²) in [6.45, 7) is 0. The van der Waals surface area contributed by atoms with Crippen LogP contribution in [0.2, 0.25) is 0 Å². The molecule has 0 radical (unpaired) electrons. The number of nitrogens with zero attached hydrogens (tertiary/aromatic N) is 1. The maximum Gasteiger partial charge on any atom is 0.261 e. The van der Waals surface area contributed by atoms with Crippen LogP contribution in [0.1, 0.15) is 41.4 Å². The molecule has 0 unspecified atom stereocenters. The van der Waals surface area contributed by atoms with Crippen LogP contribution in [-0.4, -0.2) is 49.9 Å². The quantitative estimate of drug-likeness (QED) is 0.747. The van der Waals surface area contributed by atoms with E-state index in [1.165, 1.54) is 51.6 Å². The molecule has 3 rings (SSSR count). The minimum atomic E-state index is -1.52. The summed E-state index contributed by atoms with van der Waals surface area (Å²) in [6.07, 6.45) is 0. The van der Waals surface area contributed by atoms with Crippen LogP contribution < -0.4 is 19.9 Å². The zero-order valence-electron chi connectivity index (χ0n) is 15.2. The number of rotatable bonds is 5. The van der Waals surface area contributed by atoms with Gasteiger partial charge in [0.2, 0.25) is 0 Å². The van der Waals surface area contributed by atoms with Gasteiger partial charge in [-0.1, -0.05) is 0 Å². The van der Waals surface area contributed by atoms with Crippen molar-refractivity contribution in [2.24, 2.45) is 0 Å².